The van der Waals surface area contributed by atoms with Crippen molar-refractivity contribution in [3.8, 4) is 5.75 Å². The average Bonchev–Trinajstić information content (AvgIpc) is 2.81. The van der Waals surface area contributed by atoms with E-state index in [1.807, 2.05) is 27.7 Å². The Bertz CT molecular complexity index is 1210. The van der Waals surface area contributed by atoms with E-state index in [4.69, 9.17) is 27.9 Å². The molecule has 0 aromatic heterocycles. The molecule has 2 amide bonds. The number of ether oxygens (including phenoxy) is 1. The molecule has 0 fully saturated rings. The molecule has 38 heavy (non-hydrogen) atoms. The summed E-state index contributed by atoms with van der Waals surface area (Å²) < 4.78 is 31.7. The van der Waals surface area contributed by atoms with Crippen molar-refractivity contribution < 1.29 is 22.7 Å². The van der Waals surface area contributed by atoms with Gasteiger partial charge in [0.2, 0.25) is 21.8 Å². The molecule has 1 atom stereocenters. The average molecular weight is 587 g/mol. The zero-order valence-electron chi connectivity index (χ0n) is 22.8. The van der Waals surface area contributed by atoms with E-state index in [-0.39, 0.29) is 37.7 Å². The lowest BCUT2D eigenvalue weighted by molar-refractivity contribution is -0.141. The van der Waals surface area contributed by atoms with E-state index in [0.717, 1.165) is 11.8 Å². The molecule has 0 saturated heterocycles. The Kier molecular flexibility index (Phi) is 11.3. The molecule has 0 aliphatic rings. The van der Waals surface area contributed by atoms with Crippen LogP contribution in [0.15, 0.2) is 42.5 Å². The number of sulfonamides is 1. The predicted molar refractivity (Wildman–Crippen MR) is 153 cm³/mol. The quantitative estimate of drug-likeness (QED) is 0.366. The Morgan fingerprint density at radius 3 is 2.21 bits per heavy atom. The summed E-state index contributed by atoms with van der Waals surface area (Å²) in [5.41, 5.74) is 0.724. The second-order valence-corrected chi connectivity index (χ2v) is 12.8. The van der Waals surface area contributed by atoms with E-state index in [9.17, 15) is 18.0 Å². The smallest absolute Gasteiger partial charge is 0.242 e. The molecule has 0 heterocycles. The molecule has 2 aromatic rings. The number of hydrogen-bond donors (Lipinski definition) is 1. The Morgan fingerprint density at radius 2 is 1.68 bits per heavy atom. The van der Waals surface area contributed by atoms with Crippen LogP contribution in [0, 0.1) is 0 Å². The number of amides is 2. The van der Waals surface area contributed by atoms with Crippen LogP contribution in [0.25, 0.3) is 0 Å². The van der Waals surface area contributed by atoms with Crippen molar-refractivity contribution in [3.63, 3.8) is 0 Å². The summed E-state index contributed by atoms with van der Waals surface area (Å²) in [5, 5.41) is 3.65. The van der Waals surface area contributed by atoms with Crippen molar-refractivity contribution in [2.24, 2.45) is 0 Å². The third kappa shape index (κ3) is 9.67. The minimum absolute atomic E-state index is 0.0392. The number of halogens is 2. The summed E-state index contributed by atoms with van der Waals surface area (Å²) in [4.78, 5) is 27.8. The first kappa shape index (κ1) is 31.7. The number of rotatable bonds is 12. The van der Waals surface area contributed by atoms with E-state index in [1.54, 1.807) is 49.4 Å². The van der Waals surface area contributed by atoms with E-state index in [1.165, 1.54) is 9.21 Å². The fourth-order valence-electron chi connectivity index (χ4n) is 3.77. The molecule has 0 saturated carbocycles. The highest BCUT2D eigenvalue weighted by Gasteiger charge is 2.29. The zero-order chi connectivity index (χ0) is 28.7. The summed E-state index contributed by atoms with van der Waals surface area (Å²) in [5.74, 6) is 0.0613. The molecule has 0 aliphatic carbocycles. The van der Waals surface area contributed by atoms with Gasteiger partial charge in [-0.1, -0.05) is 29.3 Å². The van der Waals surface area contributed by atoms with Crippen LogP contribution >= 0.6 is 23.2 Å². The summed E-state index contributed by atoms with van der Waals surface area (Å²) in [6.45, 7) is 9.87. The third-order valence-corrected chi connectivity index (χ3v) is 7.52. The first-order valence-electron chi connectivity index (χ1n) is 12.4. The van der Waals surface area contributed by atoms with E-state index in [0.29, 0.717) is 28.1 Å². The molecule has 1 N–H and O–H groups in total. The maximum atomic E-state index is 13.4. The van der Waals surface area contributed by atoms with Gasteiger partial charge in [0, 0.05) is 25.0 Å². The van der Waals surface area contributed by atoms with Crippen molar-refractivity contribution in [1.82, 2.24) is 10.2 Å². The van der Waals surface area contributed by atoms with Crippen LogP contribution in [0.2, 0.25) is 10.0 Å². The van der Waals surface area contributed by atoms with Gasteiger partial charge < -0.3 is 15.0 Å². The van der Waals surface area contributed by atoms with Gasteiger partial charge in [-0.05, 0) is 83.0 Å². The Labute approximate surface area is 236 Å². The maximum Gasteiger partial charge on any atom is 0.242 e. The van der Waals surface area contributed by atoms with Crippen molar-refractivity contribution in [3.05, 3.63) is 58.1 Å². The normalized spacial score (nSPS) is 12.5. The van der Waals surface area contributed by atoms with Crippen LogP contribution in [0.1, 0.15) is 53.0 Å². The number of nitrogens with zero attached hydrogens (tertiary/aromatic N) is 2. The molecule has 11 heteroatoms. The van der Waals surface area contributed by atoms with Crippen LogP contribution in [-0.2, 0) is 26.2 Å². The van der Waals surface area contributed by atoms with Crippen LogP contribution < -0.4 is 14.4 Å². The zero-order valence-corrected chi connectivity index (χ0v) is 25.1. The highest BCUT2D eigenvalue weighted by atomic mass is 35.5. The van der Waals surface area contributed by atoms with Crippen LogP contribution in [-0.4, -0.2) is 56.1 Å². The summed E-state index contributed by atoms with van der Waals surface area (Å²) in [7, 11) is -3.59. The second kappa shape index (κ2) is 13.5. The summed E-state index contributed by atoms with van der Waals surface area (Å²) in [6, 6.07) is 11.0. The maximum absolute atomic E-state index is 13.4. The minimum Gasteiger partial charge on any atom is -0.494 e. The van der Waals surface area contributed by atoms with Gasteiger partial charge in [-0.3, -0.25) is 13.9 Å². The van der Waals surface area contributed by atoms with E-state index >= 15 is 0 Å². The third-order valence-electron chi connectivity index (χ3n) is 5.59. The Balaban J connectivity index is 2.20. The lowest BCUT2D eigenvalue weighted by Crippen LogP contribution is -2.52. The summed E-state index contributed by atoms with van der Waals surface area (Å²) in [6.07, 6.45) is 1.42. The fourth-order valence-corrected chi connectivity index (χ4v) is 5.06. The highest BCUT2D eigenvalue weighted by Crippen LogP contribution is 2.25. The van der Waals surface area contributed by atoms with Gasteiger partial charge in [0.15, 0.2) is 0 Å². The lowest BCUT2D eigenvalue weighted by Gasteiger charge is -2.32. The topological polar surface area (TPSA) is 96.0 Å². The van der Waals surface area contributed by atoms with Crippen LogP contribution in [0.5, 0.6) is 5.75 Å². The Hall–Kier alpha value is -2.49. The van der Waals surface area contributed by atoms with Gasteiger partial charge in [0.25, 0.3) is 0 Å². The van der Waals surface area contributed by atoms with Gasteiger partial charge in [0.05, 0.1) is 28.6 Å². The van der Waals surface area contributed by atoms with Crippen LogP contribution in [0.4, 0.5) is 5.69 Å². The molecule has 2 aromatic carbocycles. The number of carbonyl (C=O) groups excluding carboxylic acids is 2. The van der Waals surface area contributed by atoms with Gasteiger partial charge in [-0.2, -0.15) is 0 Å². The van der Waals surface area contributed by atoms with Crippen molar-refractivity contribution in [2.45, 2.75) is 65.6 Å². The monoisotopic (exact) mass is 585 g/mol. The lowest BCUT2D eigenvalue weighted by atomic mass is 10.1. The van der Waals surface area contributed by atoms with E-state index < -0.39 is 21.6 Å². The predicted octanol–water partition coefficient (Wildman–Crippen LogP) is 5.27. The van der Waals surface area contributed by atoms with Gasteiger partial charge in [-0.15, -0.1) is 0 Å². The fraction of sp³-hybridized carbons (Fsp3) is 0.481. The number of nitrogens with one attached hydrogen (secondary N) is 1. The van der Waals surface area contributed by atoms with Gasteiger partial charge >= 0.3 is 0 Å². The largest absolute Gasteiger partial charge is 0.494 e. The second-order valence-electron chi connectivity index (χ2n) is 10.1. The first-order chi connectivity index (χ1) is 17.6. The molecule has 210 valence electrons. The van der Waals surface area contributed by atoms with Crippen molar-refractivity contribution in [1.29, 1.82) is 0 Å². The number of carbonyl (C=O) groups is 2. The molecule has 0 bridgehead atoms. The van der Waals surface area contributed by atoms with E-state index in [2.05, 4.69) is 5.32 Å². The highest BCUT2D eigenvalue weighted by molar-refractivity contribution is 7.92. The standard InChI is InChI=1S/C27H37Cl2N3O5S/c1-7-37-22-13-11-21(12-14-22)32(38(6,35)36)16-8-9-25(33)31(19(2)26(34)30-27(3,4)5)18-20-10-15-23(28)24(29)17-20/h10-15,17,19H,7-9,16,18H2,1-6H3,(H,30,34)/t19-/m1/s1. The molecule has 0 unspecified atom stereocenters. The molecular formula is C27H37Cl2N3O5S. The van der Waals surface area contributed by atoms with Crippen molar-refractivity contribution >= 4 is 50.7 Å². The minimum atomic E-state index is -3.59. The van der Waals surface area contributed by atoms with Gasteiger partial charge in [0.1, 0.15) is 11.8 Å². The van der Waals surface area contributed by atoms with Gasteiger partial charge in [-0.25, -0.2) is 8.42 Å². The summed E-state index contributed by atoms with van der Waals surface area (Å²) >= 11 is 12.2. The SMILES string of the molecule is CCOc1ccc(N(CCCC(=O)N(Cc2ccc(Cl)c(Cl)c2)[C@H](C)C(=O)NC(C)(C)C)S(C)(=O)=O)cc1. The number of benzene rings is 2. The van der Waals surface area contributed by atoms with Crippen molar-refractivity contribution in [2.75, 3.05) is 23.7 Å². The van der Waals surface area contributed by atoms with Crippen LogP contribution in [0.3, 0.4) is 0 Å². The molecule has 0 aliphatic heterocycles. The molecule has 0 radical (unpaired) electrons. The molecule has 2 rings (SSSR count). The Morgan fingerprint density at radius 1 is 1.05 bits per heavy atom. The molecule has 8 nitrogen and oxygen atoms in total. The number of anilines is 1. The molecule has 0 spiro atoms. The first-order valence-corrected chi connectivity index (χ1v) is 15.0. The number of hydrogen-bond acceptors (Lipinski definition) is 5. The molecular weight excluding hydrogens is 549 g/mol.